The first-order valence-electron chi connectivity index (χ1n) is 4.93. The molecule has 0 heterocycles. The number of Topliss-reactive ketones (excluding diaryl/α,β-unsaturated/α-hetero) is 1. The quantitative estimate of drug-likeness (QED) is 0.510. The molecule has 1 heteroatoms. The predicted octanol–water partition coefficient (Wildman–Crippen LogP) is 3.47. The molecule has 0 aliphatic carbocycles. The van der Waals surface area contributed by atoms with E-state index in [1.54, 1.807) is 0 Å². The van der Waals surface area contributed by atoms with Gasteiger partial charge >= 0.3 is 0 Å². The highest BCUT2D eigenvalue weighted by molar-refractivity contribution is 5.96. The van der Waals surface area contributed by atoms with Crippen LogP contribution in [0.5, 0.6) is 0 Å². The monoisotopic (exact) mass is 188 g/mol. The average Bonchev–Trinajstić information content (AvgIpc) is 2.19. The number of rotatable bonds is 5. The van der Waals surface area contributed by atoms with E-state index in [4.69, 9.17) is 0 Å². The summed E-state index contributed by atoms with van der Waals surface area (Å²) in [6.45, 7) is 5.74. The number of hydrogen-bond acceptors (Lipinski definition) is 1. The van der Waals surface area contributed by atoms with Crippen molar-refractivity contribution in [2.75, 3.05) is 0 Å². The van der Waals surface area contributed by atoms with Gasteiger partial charge in [-0.05, 0) is 12.3 Å². The Hall–Kier alpha value is -1.37. The Morgan fingerprint density at radius 1 is 1.43 bits per heavy atom. The van der Waals surface area contributed by atoms with Gasteiger partial charge in [-0.3, -0.25) is 4.79 Å². The minimum atomic E-state index is 0.222. The zero-order chi connectivity index (χ0) is 10.4. The molecule has 0 aromatic heterocycles. The first kappa shape index (κ1) is 10.7. The summed E-state index contributed by atoms with van der Waals surface area (Å²) < 4.78 is 0. The third kappa shape index (κ3) is 3.17. The van der Waals surface area contributed by atoms with Crippen molar-refractivity contribution in [3.63, 3.8) is 0 Å². The number of benzene rings is 1. The van der Waals surface area contributed by atoms with Crippen molar-refractivity contribution in [2.24, 2.45) is 5.92 Å². The first-order chi connectivity index (χ1) is 6.74. The fourth-order valence-corrected chi connectivity index (χ4v) is 1.43. The summed E-state index contributed by atoms with van der Waals surface area (Å²) in [5.74, 6) is 0.611. The van der Waals surface area contributed by atoms with Gasteiger partial charge in [-0.2, -0.15) is 0 Å². The normalized spacial score (nSPS) is 12.1. The van der Waals surface area contributed by atoms with Gasteiger partial charge in [-0.25, -0.2) is 0 Å². The second-order valence-electron chi connectivity index (χ2n) is 3.62. The molecule has 1 aromatic carbocycles. The fraction of sp³-hybridized carbons (Fsp3) is 0.308. The highest BCUT2D eigenvalue weighted by Gasteiger charge is 2.09. The van der Waals surface area contributed by atoms with Crippen molar-refractivity contribution in [3.05, 3.63) is 48.6 Å². The number of ketones is 1. The predicted molar refractivity (Wildman–Crippen MR) is 59.4 cm³/mol. The summed E-state index contributed by atoms with van der Waals surface area (Å²) in [6.07, 6.45) is 3.37. The van der Waals surface area contributed by atoms with Crippen LogP contribution >= 0.6 is 0 Å². The smallest absolute Gasteiger partial charge is 0.163 e. The van der Waals surface area contributed by atoms with Gasteiger partial charge in [0, 0.05) is 12.0 Å². The van der Waals surface area contributed by atoms with Crippen LogP contribution in [0.15, 0.2) is 43.0 Å². The van der Waals surface area contributed by atoms with Gasteiger partial charge in [0.15, 0.2) is 5.78 Å². The lowest BCUT2D eigenvalue weighted by atomic mass is 9.97. The van der Waals surface area contributed by atoms with Crippen LogP contribution in [0.25, 0.3) is 0 Å². The molecular formula is C13H16O. The molecule has 1 nitrogen and oxygen atoms in total. The van der Waals surface area contributed by atoms with Crippen LogP contribution in [-0.4, -0.2) is 5.78 Å². The van der Waals surface area contributed by atoms with Crippen LogP contribution in [-0.2, 0) is 0 Å². The molecule has 0 aliphatic heterocycles. The molecule has 0 aliphatic rings. The molecule has 1 aromatic rings. The van der Waals surface area contributed by atoms with E-state index < -0.39 is 0 Å². The van der Waals surface area contributed by atoms with Crippen molar-refractivity contribution in [1.29, 1.82) is 0 Å². The maximum atomic E-state index is 11.7. The van der Waals surface area contributed by atoms with E-state index >= 15 is 0 Å². The fourth-order valence-electron chi connectivity index (χ4n) is 1.43. The van der Waals surface area contributed by atoms with Gasteiger partial charge in [-0.15, -0.1) is 6.58 Å². The van der Waals surface area contributed by atoms with E-state index in [-0.39, 0.29) is 5.78 Å². The Bertz CT molecular complexity index is 300. The lowest BCUT2D eigenvalue weighted by Crippen LogP contribution is -2.05. The van der Waals surface area contributed by atoms with Gasteiger partial charge in [-0.1, -0.05) is 43.3 Å². The summed E-state index contributed by atoms with van der Waals surface area (Å²) in [7, 11) is 0. The van der Waals surface area contributed by atoms with Gasteiger partial charge in [0.25, 0.3) is 0 Å². The molecule has 0 saturated carbocycles. The SMILES string of the molecule is C=CCC(C)CC(=O)c1ccccc1. The van der Waals surface area contributed by atoms with E-state index in [0.717, 1.165) is 12.0 Å². The maximum Gasteiger partial charge on any atom is 0.163 e. The van der Waals surface area contributed by atoms with Crippen molar-refractivity contribution >= 4 is 5.78 Å². The summed E-state index contributed by atoms with van der Waals surface area (Å²) in [5, 5.41) is 0. The number of carbonyl (C=O) groups is 1. The second-order valence-corrected chi connectivity index (χ2v) is 3.62. The van der Waals surface area contributed by atoms with Crippen LogP contribution in [0.3, 0.4) is 0 Å². The number of carbonyl (C=O) groups excluding carboxylic acids is 1. The molecule has 74 valence electrons. The summed E-state index contributed by atoms with van der Waals surface area (Å²) in [4.78, 5) is 11.7. The highest BCUT2D eigenvalue weighted by Crippen LogP contribution is 2.12. The third-order valence-electron chi connectivity index (χ3n) is 2.20. The summed E-state index contributed by atoms with van der Waals surface area (Å²) >= 11 is 0. The van der Waals surface area contributed by atoms with E-state index in [0.29, 0.717) is 12.3 Å². The molecule has 1 unspecified atom stereocenters. The molecule has 1 rings (SSSR count). The van der Waals surface area contributed by atoms with Gasteiger partial charge in [0.05, 0.1) is 0 Å². The van der Waals surface area contributed by atoms with Crippen LogP contribution in [0.1, 0.15) is 30.1 Å². The molecule has 0 spiro atoms. The van der Waals surface area contributed by atoms with E-state index in [1.807, 2.05) is 36.4 Å². The minimum absolute atomic E-state index is 0.222. The zero-order valence-electron chi connectivity index (χ0n) is 8.57. The van der Waals surface area contributed by atoms with E-state index in [9.17, 15) is 4.79 Å². The molecule has 1 atom stereocenters. The van der Waals surface area contributed by atoms with Gasteiger partial charge in [0.1, 0.15) is 0 Å². The minimum Gasteiger partial charge on any atom is -0.294 e. The Labute approximate surface area is 85.5 Å². The molecule has 0 amide bonds. The molecule has 0 N–H and O–H groups in total. The van der Waals surface area contributed by atoms with Crippen molar-refractivity contribution < 1.29 is 4.79 Å². The molecule has 0 saturated heterocycles. The highest BCUT2D eigenvalue weighted by atomic mass is 16.1. The third-order valence-corrected chi connectivity index (χ3v) is 2.20. The Balaban J connectivity index is 2.55. The van der Waals surface area contributed by atoms with E-state index in [2.05, 4.69) is 13.5 Å². The lowest BCUT2D eigenvalue weighted by Gasteiger charge is -2.06. The van der Waals surface area contributed by atoms with Gasteiger partial charge < -0.3 is 0 Å². The van der Waals surface area contributed by atoms with Crippen LogP contribution in [0.4, 0.5) is 0 Å². The van der Waals surface area contributed by atoms with E-state index in [1.165, 1.54) is 0 Å². The lowest BCUT2D eigenvalue weighted by molar-refractivity contribution is 0.0965. The first-order valence-corrected chi connectivity index (χ1v) is 4.93. The van der Waals surface area contributed by atoms with Crippen molar-refractivity contribution in [3.8, 4) is 0 Å². The maximum absolute atomic E-state index is 11.7. The van der Waals surface area contributed by atoms with Gasteiger partial charge in [0.2, 0.25) is 0 Å². The molecule has 14 heavy (non-hydrogen) atoms. The zero-order valence-corrected chi connectivity index (χ0v) is 8.57. The molecule has 0 radical (unpaired) electrons. The Morgan fingerprint density at radius 2 is 2.07 bits per heavy atom. The summed E-state index contributed by atoms with van der Waals surface area (Å²) in [5.41, 5.74) is 0.809. The molecular weight excluding hydrogens is 172 g/mol. The summed E-state index contributed by atoms with van der Waals surface area (Å²) in [6, 6.07) is 9.44. The average molecular weight is 188 g/mol. The molecule has 0 fully saturated rings. The largest absolute Gasteiger partial charge is 0.294 e. The topological polar surface area (TPSA) is 17.1 Å². The standard InChI is InChI=1S/C13H16O/c1-3-7-11(2)10-13(14)12-8-5-4-6-9-12/h3-6,8-9,11H,1,7,10H2,2H3. The van der Waals surface area contributed by atoms with Crippen LogP contribution < -0.4 is 0 Å². The molecule has 0 bridgehead atoms. The van der Waals surface area contributed by atoms with Crippen molar-refractivity contribution in [1.82, 2.24) is 0 Å². The Morgan fingerprint density at radius 3 is 2.64 bits per heavy atom. The van der Waals surface area contributed by atoms with Crippen molar-refractivity contribution in [2.45, 2.75) is 19.8 Å². The van der Waals surface area contributed by atoms with Crippen LogP contribution in [0, 0.1) is 5.92 Å². The van der Waals surface area contributed by atoms with Crippen LogP contribution in [0.2, 0.25) is 0 Å². The number of hydrogen-bond donors (Lipinski definition) is 0. The number of allylic oxidation sites excluding steroid dienone is 1. The Kier molecular flexibility index (Phi) is 4.11. The second kappa shape index (κ2) is 5.38.